The largest absolute Gasteiger partial charge is 0.409 e. The minimum absolute atomic E-state index is 0.0316. The van der Waals surface area contributed by atoms with Gasteiger partial charge in [0.2, 0.25) is 0 Å². The molecule has 0 unspecified atom stereocenters. The van der Waals surface area contributed by atoms with E-state index in [0.717, 1.165) is 0 Å². The Kier molecular flexibility index (Phi) is 4.80. The van der Waals surface area contributed by atoms with Crippen LogP contribution in [0.1, 0.15) is 12.8 Å². The van der Waals surface area contributed by atoms with Crippen molar-refractivity contribution in [1.29, 1.82) is 0 Å². The van der Waals surface area contributed by atoms with Gasteiger partial charge in [-0.2, -0.15) is 0 Å². The van der Waals surface area contributed by atoms with Gasteiger partial charge >= 0.3 is 0 Å². The van der Waals surface area contributed by atoms with Crippen molar-refractivity contribution >= 4 is 15.9 Å². The zero-order chi connectivity index (χ0) is 15.5. The Hall–Kier alpha value is -1.65. The first-order chi connectivity index (χ1) is 9.90. The maximum Gasteiger partial charge on any atom is 0.259 e. The summed E-state index contributed by atoms with van der Waals surface area (Å²) in [5, 5.41) is 11.5. The SMILES string of the molecule is Cn1cnc(S(=O)(=O)NC2CCN(CC(N)=NO)CC2)c1. The van der Waals surface area contributed by atoms with Gasteiger partial charge in [0.25, 0.3) is 10.0 Å². The van der Waals surface area contributed by atoms with Crippen LogP contribution < -0.4 is 10.5 Å². The molecule has 0 saturated carbocycles. The maximum absolute atomic E-state index is 12.1. The molecule has 0 aromatic carbocycles. The smallest absolute Gasteiger partial charge is 0.259 e. The van der Waals surface area contributed by atoms with Gasteiger partial charge in [0, 0.05) is 32.4 Å². The molecule has 1 aromatic rings. The van der Waals surface area contributed by atoms with Crippen LogP contribution in [-0.2, 0) is 17.1 Å². The minimum Gasteiger partial charge on any atom is -0.409 e. The van der Waals surface area contributed by atoms with Crippen molar-refractivity contribution in [2.75, 3.05) is 19.6 Å². The van der Waals surface area contributed by atoms with Gasteiger partial charge in [0.1, 0.15) is 0 Å². The number of rotatable bonds is 5. The Morgan fingerprint density at radius 1 is 1.57 bits per heavy atom. The van der Waals surface area contributed by atoms with E-state index >= 15 is 0 Å². The normalized spacial score (nSPS) is 19.0. The van der Waals surface area contributed by atoms with Gasteiger partial charge in [-0.1, -0.05) is 5.16 Å². The summed E-state index contributed by atoms with van der Waals surface area (Å²) in [5.41, 5.74) is 5.45. The van der Waals surface area contributed by atoms with Crippen molar-refractivity contribution in [3.8, 4) is 0 Å². The molecule has 10 heteroatoms. The van der Waals surface area contributed by atoms with Crippen LogP contribution in [0, 0.1) is 0 Å². The van der Waals surface area contributed by atoms with E-state index in [1.54, 1.807) is 11.6 Å². The molecule has 0 spiro atoms. The Bertz CT molecular complexity index is 603. The molecular weight excluding hydrogens is 296 g/mol. The van der Waals surface area contributed by atoms with Crippen molar-refractivity contribution in [1.82, 2.24) is 19.2 Å². The zero-order valence-electron chi connectivity index (χ0n) is 11.8. The van der Waals surface area contributed by atoms with Gasteiger partial charge in [0.15, 0.2) is 10.9 Å². The van der Waals surface area contributed by atoms with Crippen molar-refractivity contribution in [3.63, 3.8) is 0 Å². The number of nitrogens with two attached hydrogens (primary N) is 1. The van der Waals surface area contributed by atoms with Crippen LogP contribution in [-0.4, -0.2) is 59.6 Å². The van der Waals surface area contributed by atoms with E-state index in [1.165, 1.54) is 12.5 Å². The third-order valence-corrected chi connectivity index (χ3v) is 4.79. The quantitative estimate of drug-likeness (QED) is 0.274. The molecule has 2 heterocycles. The lowest BCUT2D eigenvalue weighted by Crippen LogP contribution is -2.46. The first-order valence-electron chi connectivity index (χ1n) is 6.60. The predicted molar refractivity (Wildman–Crippen MR) is 76.4 cm³/mol. The molecule has 9 nitrogen and oxygen atoms in total. The first-order valence-corrected chi connectivity index (χ1v) is 8.08. The number of aromatic nitrogens is 2. The average Bonchev–Trinajstić information content (AvgIpc) is 2.88. The molecule has 0 radical (unpaired) electrons. The van der Waals surface area contributed by atoms with Crippen LogP contribution in [0.5, 0.6) is 0 Å². The number of sulfonamides is 1. The predicted octanol–water partition coefficient (Wildman–Crippen LogP) is -1.09. The van der Waals surface area contributed by atoms with Gasteiger partial charge < -0.3 is 15.5 Å². The molecule has 21 heavy (non-hydrogen) atoms. The highest BCUT2D eigenvalue weighted by molar-refractivity contribution is 7.89. The van der Waals surface area contributed by atoms with Crippen molar-refractivity contribution in [3.05, 3.63) is 12.5 Å². The van der Waals surface area contributed by atoms with Gasteiger partial charge in [0.05, 0.1) is 12.9 Å². The molecule has 0 aliphatic carbocycles. The van der Waals surface area contributed by atoms with Crippen molar-refractivity contribution < 1.29 is 13.6 Å². The fourth-order valence-corrected chi connectivity index (χ4v) is 3.56. The highest BCUT2D eigenvalue weighted by Gasteiger charge is 2.26. The number of hydrogen-bond donors (Lipinski definition) is 3. The monoisotopic (exact) mass is 316 g/mol. The number of nitrogens with zero attached hydrogens (tertiary/aromatic N) is 4. The standard InChI is InChI=1S/C11H20N6O3S/c1-16-7-11(13-8-16)21(19,20)15-9-2-4-17(5-3-9)6-10(12)14-18/h7-9,15,18H,2-6H2,1H3,(H2,12,14). The number of nitrogens with one attached hydrogen (secondary N) is 1. The van der Waals surface area contributed by atoms with Crippen LogP contribution in [0.4, 0.5) is 0 Å². The van der Waals surface area contributed by atoms with E-state index in [0.29, 0.717) is 32.5 Å². The number of oxime groups is 1. The summed E-state index contributed by atoms with van der Waals surface area (Å²) in [6.45, 7) is 1.76. The summed E-state index contributed by atoms with van der Waals surface area (Å²) in [6, 6.07) is -0.124. The summed E-state index contributed by atoms with van der Waals surface area (Å²) >= 11 is 0. The summed E-state index contributed by atoms with van der Waals surface area (Å²) < 4.78 is 28.6. The second kappa shape index (κ2) is 6.41. The third-order valence-electron chi connectivity index (χ3n) is 3.38. The number of imidazole rings is 1. The molecule has 118 valence electrons. The van der Waals surface area contributed by atoms with Crippen LogP contribution in [0.3, 0.4) is 0 Å². The Morgan fingerprint density at radius 2 is 2.24 bits per heavy atom. The summed E-state index contributed by atoms with van der Waals surface area (Å²) in [7, 11) is -1.85. The van der Waals surface area contributed by atoms with Gasteiger partial charge in [-0.15, -0.1) is 0 Å². The Morgan fingerprint density at radius 3 is 2.76 bits per heavy atom. The highest BCUT2D eigenvalue weighted by atomic mass is 32.2. The summed E-state index contributed by atoms with van der Waals surface area (Å²) in [5.74, 6) is 0.155. The van der Waals surface area contributed by atoms with E-state index in [2.05, 4.69) is 14.9 Å². The molecule has 1 aliphatic rings. The van der Waals surface area contributed by atoms with Crippen LogP contribution in [0.15, 0.2) is 22.7 Å². The number of amidine groups is 1. The number of hydrogen-bond acceptors (Lipinski definition) is 6. The fraction of sp³-hybridized carbons (Fsp3) is 0.636. The van der Waals surface area contributed by atoms with Crippen LogP contribution in [0.2, 0.25) is 0 Å². The van der Waals surface area contributed by atoms with Crippen molar-refractivity contribution in [2.45, 2.75) is 23.9 Å². The van der Waals surface area contributed by atoms with E-state index in [4.69, 9.17) is 10.9 Å². The molecule has 1 aromatic heterocycles. The topological polar surface area (TPSA) is 126 Å². The molecule has 1 fully saturated rings. The number of likely N-dealkylation sites (tertiary alicyclic amines) is 1. The Labute approximate surface area is 123 Å². The number of piperidine rings is 1. The molecule has 1 saturated heterocycles. The van der Waals surface area contributed by atoms with E-state index < -0.39 is 10.0 Å². The summed E-state index contributed by atoms with van der Waals surface area (Å²) in [6.07, 6.45) is 4.26. The fourth-order valence-electron chi connectivity index (χ4n) is 2.28. The summed E-state index contributed by atoms with van der Waals surface area (Å²) in [4.78, 5) is 5.87. The zero-order valence-corrected chi connectivity index (χ0v) is 12.6. The van der Waals surface area contributed by atoms with E-state index in [-0.39, 0.29) is 16.9 Å². The molecule has 0 atom stereocenters. The lowest BCUT2D eigenvalue weighted by atomic mass is 10.1. The lowest BCUT2D eigenvalue weighted by Gasteiger charge is -2.31. The molecule has 4 N–H and O–H groups in total. The Balaban J connectivity index is 1.89. The van der Waals surface area contributed by atoms with Gasteiger partial charge in [-0.3, -0.25) is 4.90 Å². The molecular formula is C11H20N6O3S. The third kappa shape index (κ3) is 4.16. The second-order valence-corrected chi connectivity index (χ2v) is 6.80. The van der Waals surface area contributed by atoms with E-state index in [1.807, 2.05) is 4.90 Å². The molecule has 0 amide bonds. The van der Waals surface area contributed by atoms with Crippen molar-refractivity contribution in [2.24, 2.45) is 17.9 Å². The second-order valence-electron chi connectivity index (χ2n) is 5.14. The van der Waals surface area contributed by atoms with Gasteiger partial charge in [-0.05, 0) is 12.8 Å². The van der Waals surface area contributed by atoms with E-state index in [9.17, 15) is 8.42 Å². The number of aryl methyl sites for hydroxylation is 1. The van der Waals surface area contributed by atoms with Crippen LogP contribution in [0.25, 0.3) is 0 Å². The minimum atomic E-state index is -3.57. The van der Waals surface area contributed by atoms with Gasteiger partial charge in [-0.25, -0.2) is 18.1 Å². The molecule has 2 rings (SSSR count). The maximum atomic E-state index is 12.1. The highest BCUT2D eigenvalue weighted by Crippen LogP contribution is 2.13. The first kappa shape index (κ1) is 15.7. The van der Waals surface area contributed by atoms with Crippen LogP contribution >= 0.6 is 0 Å². The average molecular weight is 316 g/mol. The lowest BCUT2D eigenvalue weighted by molar-refractivity contribution is 0.228. The molecule has 0 bridgehead atoms. The molecule has 1 aliphatic heterocycles.